The van der Waals surface area contributed by atoms with Crippen molar-refractivity contribution < 1.29 is 9.18 Å². The van der Waals surface area contributed by atoms with Gasteiger partial charge < -0.3 is 5.32 Å². The number of anilines is 1. The SMILES string of the molecule is Cc1nn(-c2ccc(=O)[nH]n2)c2c1C(c1cccc(F)c1)CC(=O)N2. The molecule has 3 heterocycles. The van der Waals surface area contributed by atoms with Crippen molar-refractivity contribution >= 4 is 11.7 Å². The normalized spacial score (nSPS) is 16.4. The molecular formula is C17H14FN5O2. The number of aromatic amines is 1. The third-order valence-corrected chi connectivity index (χ3v) is 4.23. The predicted octanol–water partition coefficient (Wildman–Crippen LogP) is 1.88. The number of aromatic nitrogens is 4. The molecule has 0 spiro atoms. The van der Waals surface area contributed by atoms with Crippen molar-refractivity contribution in [2.75, 3.05) is 5.32 Å². The molecule has 1 atom stereocenters. The van der Waals surface area contributed by atoms with Gasteiger partial charge in [-0.2, -0.15) is 14.9 Å². The highest BCUT2D eigenvalue weighted by Gasteiger charge is 2.33. The van der Waals surface area contributed by atoms with E-state index < -0.39 is 0 Å². The van der Waals surface area contributed by atoms with Crippen LogP contribution in [0.25, 0.3) is 5.82 Å². The van der Waals surface area contributed by atoms with Crippen molar-refractivity contribution in [1.82, 2.24) is 20.0 Å². The van der Waals surface area contributed by atoms with Crippen molar-refractivity contribution in [3.8, 4) is 5.82 Å². The Morgan fingerprint density at radius 1 is 1.24 bits per heavy atom. The van der Waals surface area contributed by atoms with E-state index in [4.69, 9.17) is 0 Å². The molecule has 1 aromatic carbocycles. The van der Waals surface area contributed by atoms with E-state index in [1.54, 1.807) is 12.1 Å². The Kier molecular flexibility index (Phi) is 3.45. The third-order valence-electron chi connectivity index (χ3n) is 4.23. The Morgan fingerprint density at radius 2 is 2.08 bits per heavy atom. The molecule has 1 aliphatic heterocycles. The van der Waals surface area contributed by atoms with Crippen LogP contribution < -0.4 is 10.9 Å². The molecule has 25 heavy (non-hydrogen) atoms. The smallest absolute Gasteiger partial charge is 0.264 e. The summed E-state index contributed by atoms with van der Waals surface area (Å²) in [5.41, 5.74) is 1.91. The summed E-state index contributed by atoms with van der Waals surface area (Å²) in [5.74, 6) is 0.0346. The first-order valence-electron chi connectivity index (χ1n) is 7.74. The number of rotatable bonds is 2. The van der Waals surface area contributed by atoms with Gasteiger partial charge in [0.1, 0.15) is 11.6 Å². The number of nitrogens with one attached hydrogen (secondary N) is 2. The number of benzene rings is 1. The fraction of sp³-hybridized carbons (Fsp3) is 0.176. The Balaban J connectivity index is 1.89. The Bertz CT molecular complexity index is 1020. The number of halogens is 1. The molecule has 0 saturated carbocycles. The Labute approximate surface area is 141 Å². The maximum Gasteiger partial charge on any atom is 0.264 e. The molecule has 0 fully saturated rings. The van der Waals surface area contributed by atoms with Crippen LogP contribution in [-0.2, 0) is 4.79 Å². The van der Waals surface area contributed by atoms with Gasteiger partial charge in [-0.15, -0.1) is 0 Å². The van der Waals surface area contributed by atoms with Crippen LogP contribution in [0.4, 0.5) is 10.2 Å². The lowest BCUT2D eigenvalue weighted by atomic mass is 9.86. The second-order valence-corrected chi connectivity index (χ2v) is 5.90. The minimum atomic E-state index is -0.350. The molecule has 4 rings (SSSR count). The number of carbonyl (C=O) groups is 1. The molecule has 1 unspecified atom stereocenters. The van der Waals surface area contributed by atoms with Gasteiger partial charge in [-0.3, -0.25) is 9.59 Å². The van der Waals surface area contributed by atoms with Crippen LogP contribution in [0, 0.1) is 12.7 Å². The highest BCUT2D eigenvalue weighted by atomic mass is 19.1. The molecule has 8 heteroatoms. The maximum atomic E-state index is 13.6. The summed E-state index contributed by atoms with van der Waals surface area (Å²) in [6.07, 6.45) is 0.210. The van der Waals surface area contributed by atoms with E-state index >= 15 is 0 Å². The quantitative estimate of drug-likeness (QED) is 0.745. The highest BCUT2D eigenvalue weighted by Crippen LogP contribution is 2.39. The molecule has 1 amide bonds. The summed E-state index contributed by atoms with van der Waals surface area (Å²) in [7, 11) is 0. The van der Waals surface area contributed by atoms with E-state index in [1.165, 1.54) is 28.9 Å². The van der Waals surface area contributed by atoms with Crippen molar-refractivity contribution in [3.63, 3.8) is 0 Å². The molecule has 0 bridgehead atoms. The zero-order valence-electron chi connectivity index (χ0n) is 13.3. The third kappa shape index (κ3) is 2.61. The molecular weight excluding hydrogens is 325 g/mol. The predicted molar refractivity (Wildman–Crippen MR) is 88.2 cm³/mol. The Hall–Kier alpha value is -3.29. The first-order valence-corrected chi connectivity index (χ1v) is 7.74. The summed E-state index contributed by atoms with van der Waals surface area (Å²) < 4.78 is 15.1. The second kappa shape index (κ2) is 5.66. The fourth-order valence-electron chi connectivity index (χ4n) is 3.18. The van der Waals surface area contributed by atoms with Crippen LogP contribution in [0.3, 0.4) is 0 Å². The molecule has 0 saturated heterocycles. The number of nitrogens with zero attached hydrogens (tertiary/aromatic N) is 3. The summed E-state index contributed by atoms with van der Waals surface area (Å²) in [6, 6.07) is 9.07. The average Bonchev–Trinajstić information content (AvgIpc) is 2.91. The highest BCUT2D eigenvalue weighted by molar-refractivity contribution is 5.95. The van der Waals surface area contributed by atoms with Crippen LogP contribution >= 0.6 is 0 Å². The fourth-order valence-corrected chi connectivity index (χ4v) is 3.18. The molecule has 2 N–H and O–H groups in total. The molecule has 7 nitrogen and oxygen atoms in total. The lowest BCUT2D eigenvalue weighted by Gasteiger charge is -2.24. The molecule has 0 aliphatic carbocycles. The van der Waals surface area contributed by atoms with E-state index in [0.29, 0.717) is 22.9 Å². The number of hydrogen-bond acceptors (Lipinski definition) is 4. The van der Waals surface area contributed by atoms with Gasteiger partial charge >= 0.3 is 0 Å². The standard InChI is InChI=1S/C17H14FN5O2/c1-9-16-12(10-3-2-4-11(18)7-10)8-15(25)19-17(16)23(22-9)13-5-6-14(24)21-20-13/h2-7,12H,8H2,1H3,(H,19,25)(H,21,24). The van der Waals surface area contributed by atoms with E-state index in [9.17, 15) is 14.0 Å². The lowest BCUT2D eigenvalue weighted by molar-refractivity contribution is -0.116. The zero-order valence-corrected chi connectivity index (χ0v) is 13.3. The first-order chi connectivity index (χ1) is 12.0. The Morgan fingerprint density at radius 3 is 2.80 bits per heavy atom. The van der Waals surface area contributed by atoms with Gasteiger partial charge in [-0.1, -0.05) is 12.1 Å². The monoisotopic (exact) mass is 339 g/mol. The van der Waals surface area contributed by atoms with Crippen molar-refractivity contribution in [3.05, 3.63) is 69.4 Å². The molecule has 1 aliphatic rings. The lowest BCUT2D eigenvalue weighted by Crippen LogP contribution is -2.25. The van der Waals surface area contributed by atoms with Gasteiger partial charge in [0.2, 0.25) is 5.91 Å². The van der Waals surface area contributed by atoms with Gasteiger partial charge in [0.25, 0.3) is 5.56 Å². The summed E-state index contributed by atoms with van der Waals surface area (Å²) >= 11 is 0. The minimum absolute atomic E-state index is 0.188. The maximum absolute atomic E-state index is 13.6. The molecule has 0 radical (unpaired) electrons. The topological polar surface area (TPSA) is 92.7 Å². The van der Waals surface area contributed by atoms with E-state index in [-0.39, 0.29) is 29.6 Å². The molecule has 126 valence electrons. The summed E-state index contributed by atoms with van der Waals surface area (Å²) in [6.45, 7) is 1.82. The number of fused-ring (bicyclic) bond motifs is 1. The molecule has 2 aromatic heterocycles. The van der Waals surface area contributed by atoms with E-state index in [2.05, 4.69) is 20.6 Å². The van der Waals surface area contributed by atoms with Gasteiger partial charge in [-0.05, 0) is 30.7 Å². The van der Waals surface area contributed by atoms with Gasteiger partial charge in [0, 0.05) is 24.0 Å². The number of aryl methyl sites for hydroxylation is 1. The van der Waals surface area contributed by atoms with Gasteiger partial charge in [0.15, 0.2) is 5.82 Å². The largest absolute Gasteiger partial charge is 0.310 e. The van der Waals surface area contributed by atoms with Crippen LogP contribution in [-0.4, -0.2) is 25.9 Å². The number of H-pyrrole nitrogens is 1. The average molecular weight is 339 g/mol. The second-order valence-electron chi connectivity index (χ2n) is 5.90. The van der Waals surface area contributed by atoms with Crippen LogP contribution in [0.5, 0.6) is 0 Å². The molecule has 3 aromatic rings. The number of carbonyl (C=O) groups excluding carboxylic acids is 1. The van der Waals surface area contributed by atoms with Gasteiger partial charge in [-0.25, -0.2) is 9.49 Å². The van der Waals surface area contributed by atoms with Crippen molar-refractivity contribution in [2.45, 2.75) is 19.3 Å². The van der Waals surface area contributed by atoms with Crippen LogP contribution in [0.1, 0.15) is 29.2 Å². The van der Waals surface area contributed by atoms with Crippen LogP contribution in [0.2, 0.25) is 0 Å². The van der Waals surface area contributed by atoms with E-state index in [0.717, 1.165) is 5.56 Å². The van der Waals surface area contributed by atoms with Crippen molar-refractivity contribution in [1.29, 1.82) is 0 Å². The zero-order chi connectivity index (χ0) is 17.6. The number of hydrogen-bond donors (Lipinski definition) is 2. The van der Waals surface area contributed by atoms with Crippen molar-refractivity contribution in [2.24, 2.45) is 0 Å². The summed E-state index contributed by atoms with van der Waals surface area (Å²) in [5, 5.41) is 13.6. The van der Waals surface area contributed by atoms with Gasteiger partial charge in [0.05, 0.1) is 5.69 Å². The first kappa shape index (κ1) is 15.3. The van der Waals surface area contributed by atoms with Crippen LogP contribution in [0.15, 0.2) is 41.2 Å². The summed E-state index contributed by atoms with van der Waals surface area (Å²) in [4.78, 5) is 23.4. The van der Waals surface area contributed by atoms with E-state index in [1.807, 2.05) is 6.92 Å². The number of amides is 1. The minimum Gasteiger partial charge on any atom is -0.310 e.